The summed E-state index contributed by atoms with van der Waals surface area (Å²) in [6.07, 6.45) is 7.72. The van der Waals surface area contributed by atoms with Crippen LogP contribution in [0, 0.1) is 5.41 Å². The van der Waals surface area contributed by atoms with E-state index in [1.165, 1.54) is 17.2 Å². The van der Waals surface area contributed by atoms with Gasteiger partial charge in [0.2, 0.25) is 11.7 Å². The van der Waals surface area contributed by atoms with Gasteiger partial charge in [-0.05, 0) is 60.6 Å². The Hall–Kier alpha value is -6.44. The SMILES string of the molecule is COc1cc2c(cc1OCCCC(=O)Nc1cn(C)c(C(=O)Nc3ccc(-c4cc(C(=O)CCC(C)(C)C)n(C)c4)cn3)n1)N(C)C[C@@H]1Cc3ccccc3N1C2=O. The van der Waals surface area contributed by atoms with Crippen LogP contribution in [0.5, 0.6) is 11.5 Å². The summed E-state index contributed by atoms with van der Waals surface area (Å²) >= 11 is 0. The van der Waals surface area contributed by atoms with Crippen molar-refractivity contribution in [3.63, 3.8) is 0 Å². The van der Waals surface area contributed by atoms with Gasteiger partial charge in [-0.1, -0.05) is 39.0 Å². The number of pyridine rings is 1. The van der Waals surface area contributed by atoms with Crippen LogP contribution in [0.3, 0.4) is 0 Å². The molecule has 302 valence electrons. The fourth-order valence-electron chi connectivity index (χ4n) is 7.52. The third-order valence-electron chi connectivity index (χ3n) is 10.6. The number of para-hydroxylation sites is 1. The number of benzene rings is 2. The van der Waals surface area contributed by atoms with Gasteiger partial charge in [0.25, 0.3) is 11.8 Å². The molecule has 58 heavy (non-hydrogen) atoms. The molecular weight excluding hydrogens is 737 g/mol. The van der Waals surface area contributed by atoms with Gasteiger partial charge < -0.3 is 39.0 Å². The number of ether oxygens (including phenoxy) is 2. The molecule has 14 nitrogen and oxygen atoms in total. The number of Topliss-reactive ketones (excluding diaryl/α,β-unsaturated/α-hetero) is 1. The van der Waals surface area contributed by atoms with Crippen molar-refractivity contribution in [2.24, 2.45) is 19.5 Å². The zero-order valence-electron chi connectivity index (χ0n) is 34.1. The first-order valence-corrected chi connectivity index (χ1v) is 19.5. The van der Waals surface area contributed by atoms with E-state index in [2.05, 4.69) is 52.3 Å². The van der Waals surface area contributed by atoms with Crippen LogP contribution in [-0.2, 0) is 25.3 Å². The highest BCUT2D eigenvalue weighted by atomic mass is 16.5. The topological polar surface area (TPSA) is 153 Å². The lowest BCUT2D eigenvalue weighted by molar-refractivity contribution is -0.116. The van der Waals surface area contributed by atoms with E-state index in [0.717, 1.165) is 35.3 Å². The molecule has 3 aromatic heterocycles. The molecule has 2 aromatic carbocycles. The molecule has 5 heterocycles. The summed E-state index contributed by atoms with van der Waals surface area (Å²) in [5.74, 6) is 0.829. The molecule has 14 heteroatoms. The Labute approximate surface area is 338 Å². The zero-order valence-corrected chi connectivity index (χ0v) is 34.1. The number of fused-ring (bicyclic) bond motifs is 4. The van der Waals surface area contributed by atoms with Gasteiger partial charge in [0, 0.05) is 82.0 Å². The Morgan fingerprint density at radius 3 is 2.41 bits per heavy atom. The second-order valence-electron chi connectivity index (χ2n) is 16.2. The molecule has 2 N–H and O–H groups in total. The van der Waals surface area contributed by atoms with Crippen molar-refractivity contribution in [2.45, 2.75) is 58.9 Å². The highest BCUT2D eigenvalue weighted by molar-refractivity contribution is 6.12. The van der Waals surface area contributed by atoms with Crippen molar-refractivity contribution in [1.29, 1.82) is 0 Å². The minimum absolute atomic E-state index is 0.0216. The molecule has 2 aliphatic rings. The van der Waals surface area contributed by atoms with Crippen LogP contribution in [0.15, 0.2) is 73.2 Å². The number of carbonyl (C=O) groups excluding carboxylic acids is 4. The minimum Gasteiger partial charge on any atom is -0.493 e. The molecule has 0 radical (unpaired) electrons. The monoisotopic (exact) mass is 786 g/mol. The van der Waals surface area contributed by atoms with E-state index in [4.69, 9.17) is 9.47 Å². The lowest BCUT2D eigenvalue weighted by Crippen LogP contribution is -2.41. The van der Waals surface area contributed by atoms with Gasteiger partial charge in [0.1, 0.15) is 5.82 Å². The van der Waals surface area contributed by atoms with Crippen LogP contribution in [-0.4, -0.2) is 76.0 Å². The van der Waals surface area contributed by atoms with E-state index in [1.807, 2.05) is 66.2 Å². The third-order valence-corrected chi connectivity index (χ3v) is 10.6. The van der Waals surface area contributed by atoms with Crippen molar-refractivity contribution in [1.82, 2.24) is 19.1 Å². The third kappa shape index (κ3) is 8.46. The fourth-order valence-corrected chi connectivity index (χ4v) is 7.52. The largest absolute Gasteiger partial charge is 0.493 e. The number of aryl methyl sites for hydroxylation is 2. The van der Waals surface area contributed by atoms with Gasteiger partial charge in [-0.25, -0.2) is 9.97 Å². The molecule has 5 aromatic rings. The lowest BCUT2D eigenvalue weighted by Gasteiger charge is -2.25. The van der Waals surface area contributed by atoms with E-state index in [9.17, 15) is 19.2 Å². The molecule has 0 aliphatic carbocycles. The number of rotatable bonds is 13. The van der Waals surface area contributed by atoms with Crippen molar-refractivity contribution >= 4 is 46.5 Å². The van der Waals surface area contributed by atoms with E-state index in [-0.39, 0.29) is 53.7 Å². The maximum absolute atomic E-state index is 13.9. The summed E-state index contributed by atoms with van der Waals surface area (Å²) in [6.45, 7) is 7.26. The molecule has 0 saturated heterocycles. The summed E-state index contributed by atoms with van der Waals surface area (Å²) in [4.78, 5) is 65.5. The summed E-state index contributed by atoms with van der Waals surface area (Å²) < 4.78 is 15.1. The highest BCUT2D eigenvalue weighted by Gasteiger charge is 2.39. The summed E-state index contributed by atoms with van der Waals surface area (Å²) in [5.41, 5.74) is 5.80. The van der Waals surface area contributed by atoms with Crippen LogP contribution in [0.4, 0.5) is 23.0 Å². The summed E-state index contributed by atoms with van der Waals surface area (Å²) in [6, 6.07) is 17.0. The smallest absolute Gasteiger partial charge is 0.292 e. The van der Waals surface area contributed by atoms with Crippen molar-refractivity contribution in [3.8, 4) is 22.6 Å². The van der Waals surface area contributed by atoms with E-state index >= 15 is 0 Å². The Kier molecular flexibility index (Phi) is 11.1. The number of hydrogen-bond donors (Lipinski definition) is 2. The predicted octanol–water partition coefficient (Wildman–Crippen LogP) is 6.91. The fraction of sp³-hybridized carbons (Fsp3) is 0.364. The van der Waals surface area contributed by atoms with Crippen molar-refractivity contribution in [3.05, 3.63) is 95.8 Å². The quantitative estimate of drug-likeness (QED) is 0.0958. The maximum Gasteiger partial charge on any atom is 0.292 e. The summed E-state index contributed by atoms with van der Waals surface area (Å²) in [5, 5.41) is 5.52. The first-order chi connectivity index (χ1) is 27.7. The Bertz CT molecular complexity index is 2370. The van der Waals surface area contributed by atoms with Gasteiger partial charge >= 0.3 is 0 Å². The summed E-state index contributed by atoms with van der Waals surface area (Å²) in [7, 11) is 7.03. The number of nitrogens with one attached hydrogen (secondary N) is 2. The number of anilines is 4. The minimum atomic E-state index is -0.490. The number of amides is 3. The van der Waals surface area contributed by atoms with Crippen LogP contribution in [0.1, 0.15) is 83.5 Å². The Morgan fingerprint density at radius 2 is 1.67 bits per heavy atom. The normalized spacial score (nSPS) is 14.7. The second-order valence-corrected chi connectivity index (χ2v) is 16.2. The van der Waals surface area contributed by atoms with Crippen LogP contribution in [0.25, 0.3) is 11.1 Å². The lowest BCUT2D eigenvalue weighted by atomic mass is 9.89. The van der Waals surface area contributed by atoms with Crippen molar-refractivity contribution < 1.29 is 28.7 Å². The van der Waals surface area contributed by atoms with E-state index in [1.54, 1.807) is 31.6 Å². The van der Waals surface area contributed by atoms with Crippen LogP contribution < -0.4 is 29.9 Å². The molecule has 0 unspecified atom stereocenters. The predicted molar refractivity (Wildman–Crippen MR) is 223 cm³/mol. The van der Waals surface area contributed by atoms with Gasteiger partial charge in [-0.3, -0.25) is 19.2 Å². The van der Waals surface area contributed by atoms with E-state index in [0.29, 0.717) is 48.0 Å². The molecule has 2 aliphatic heterocycles. The van der Waals surface area contributed by atoms with Crippen molar-refractivity contribution in [2.75, 3.05) is 47.7 Å². The highest BCUT2D eigenvalue weighted by Crippen LogP contribution is 2.42. The number of methoxy groups -OCH3 is 1. The zero-order chi connectivity index (χ0) is 41.3. The van der Waals surface area contributed by atoms with Gasteiger partial charge in [-0.2, -0.15) is 0 Å². The maximum atomic E-state index is 13.9. The number of imidazole rings is 1. The molecule has 0 fully saturated rings. The standard InChI is InChI=1S/C44H50N8O6/c1-44(2,3)17-16-35(53)34-20-29(24-49(34)4)28-14-15-38(45-23-28)48-42(55)41-47-39(26-51(41)6)46-40(54)13-10-18-58-37-22-33-31(21-36(37)57-7)43(56)52-30(25-50(33)5)19-27-11-8-9-12-32(27)52/h8-9,11-12,14-15,20-24,26,30H,10,13,16-19,25H2,1-7H3,(H,46,54)(H,45,48,55)/t30-/m0/s1. The molecular formula is C44H50N8O6. The van der Waals surface area contributed by atoms with Crippen LogP contribution >= 0.6 is 0 Å². The van der Waals surface area contributed by atoms with Gasteiger partial charge in [0.05, 0.1) is 36.7 Å². The number of ketones is 1. The molecule has 1 atom stereocenters. The first kappa shape index (κ1) is 39.8. The molecule has 0 spiro atoms. The molecule has 0 saturated carbocycles. The molecule has 7 rings (SSSR count). The number of nitrogens with zero attached hydrogens (tertiary/aromatic N) is 6. The van der Waals surface area contributed by atoms with Gasteiger partial charge in [0.15, 0.2) is 23.1 Å². The average molecular weight is 787 g/mol. The molecule has 3 amide bonds. The number of likely N-dealkylation sites (N-methyl/N-ethyl adjacent to an activating group) is 1. The average Bonchev–Trinajstić information content (AvgIpc) is 3.86. The molecule has 0 bridgehead atoms. The number of aromatic nitrogens is 4. The second kappa shape index (κ2) is 16.2. The Balaban J connectivity index is 0.910. The Morgan fingerprint density at radius 1 is 0.879 bits per heavy atom. The van der Waals surface area contributed by atoms with Crippen LogP contribution in [0.2, 0.25) is 0 Å². The van der Waals surface area contributed by atoms with E-state index < -0.39 is 5.91 Å². The van der Waals surface area contributed by atoms with Gasteiger partial charge in [-0.15, -0.1) is 0 Å². The first-order valence-electron chi connectivity index (χ1n) is 19.5. The number of carbonyl (C=O) groups is 4. The number of hydrogen-bond acceptors (Lipinski definition) is 9.